The van der Waals surface area contributed by atoms with Crippen LogP contribution in [0.2, 0.25) is 0 Å². The largest absolute Gasteiger partial charge is 0.370 e. The van der Waals surface area contributed by atoms with E-state index in [1.54, 1.807) is 6.07 Å². The van der Waals surface area contributed by atoms with Gasteiger partial charge in [0.15, 0.2) is 0 Å². The van der Waals surface area contributed by atoms with Gasteiger partial charge in [0.2, 0.25) is 0 Å². The van der Waals surface area contributed by atoms with Crippen molar-refractivity contribution in [3.8, 4) is 0 Å². The maximum atomic E-state index is 13.6. The maximum absolute atomic E-state index is 13.6. The van der Waals surface area contributed by atoms with E-state index in [1.165, 1.54) is 11.6 Å². The average molecular weight is 325 g/mol. The van der Waals surface area contributed by atoms with Gasteiger partial charge in [0.05, 0.1) is 9.99 Å². The molecule has 0 saturated carbocycles. The standard InChI is InChI=1S/C15H18BrFN2/c1-3-5-10-7-11-8-12(16)13(17)9-14(11)19-15(10)18-6-4-2/h7-9H,3-6H2,1-2H3,(H,18,19). The first-order valence-electron chi connectivity index (χ1n) is 6.68. The summed E-state index contributed by atoms with van der Waals surface area (Å²) < 4.78 is 14.1. The molecule has 0 unspecified atom stereocenters. The van der Waals surface area contributed by atoms with Gasteiger partial charge in [-0.2, -0.15) is 0 Å². The van der Waals surface area contributed by atoms with E-state index in [9.17, 15) is 4.39 Å². The van der Waals surface area contributed by atoms with Gasteiger partial charge in [-0.25, -0.2) is 9.37 Å². The zero-order chi connectivity index (χ0) is 13.8. The fourth-order valence-electron chi connectivity index (χ4n) is 2.07. The molecule has 1 aromatic heterocycles. The highest BCUT2D eigenvalue weighted by molar-refractivity contribution is 9.10. The molecule has 1 N–H and O–H groups in total. The maximum Gasteiger partial charge on any atom is 0.139 e. The second-order valence-corrected chi connectivity index (χ2v) is 5.49. The lowest BCUT2D eigenvalue weighted by molar-refractivity contribution is 0.623. The number of anilines is 1. The van der Waals surface area contributed by atoms with Crippen LogP contribution in [0, 0.1) is 5.82 Å². The first kappa shape index (κ1) is 14.3. The molecule has 4 heteroatoms. The van der Waals surface area contributed by atoms with Crippen LogP contribution in [-0.2, 0) is 6.42 Å². The number of aryl methyl sites for hydroxylation is 1. The summed E-state index contributed by atoms with van der Waals surface area (Å²) in [6, 6.07) is 5.38. The van der Waals surface area contributed by atoms with Crippen LogP contribution in [-0.4, -0.2) is 11.5 Å². The fourth-order valence-corrected chi connectivity index (χ4v) is 2.43. The molecule has 19 heavy (non-hydrogen) atoms. The number of fused-ring (bicyclic) bond motifs is 1. The van der Waals surface area contributed by atoms with E-state index in [1.807, 2.05) is 0 Å². The van der Waals surface area contributed by atoms with Crippen molar-refractivity contribution in [1.82, 2.24) is 4.98 Å². The minimum Gasteiger partial charge on any atom is -0.370 e. The smallest absolute Gasteiger partial charge is 0.139 e. The second-order valence-electron chi connectivity index (χ2n) is 4.63. The van der Waals surface area contributed by atoms with Crippen molar-refractivity contribution < 1.29 is 4.39 Å². The molecule has 2 aromatic rings. The van der Waals surface area contributed by atoms with Crippen LogP contribution in [0.5, 0.6) is 0 Å². The molecule has 0 radical (unpaired) electrons. The van der Waals surface area contributed by atoms with E-state index < -0.39 is 0 Å². The Morgan fingerprint density at radius 2 is 2.00 bits per heavy atom. The number of nitrogens with one attached hydrogen (secondary N) is 1. The minimum atomic E-state index is -0.273. The summed E-state index contributed by atoms with van der Waals surface area (Å²) in [5, 5.41) is 4.30. The summed E-state index contributed by atoms with van der Waals surface area (Å²) in [4.78, 5) is 4.56. The Kier molecular flexibility index (Phi) is 4.75. The Morgan fingerprint density at radius 3 is 2.68 bits per heavy atom. The zero-order valence-corrected chi connectivity index (χ0v) is 12.8. The molecular formula is C15H18BrFN2. The number of aromatic nitrogens is 1. The molecule has 0 saturated heterocycles. The van der Waals surface area contributed by atoms with Crippen molar-refractivity contribution in [2.24, 2.45) is 0 Å². The van der Waals surface area contributed by atoms with E-state index in [0.717, 1.165) is 37.0 Å². The third kappa shape index (κ3) is 3.24. The van der Waals surface area contributed by atoms with Gasteiger partial charge in [-0.3, -0.25) is 0 Å². The Labute approximate surface area is 121 Å². The number of benzene rings is 1. The molecule has 102 valence electrons. The predicted octanol–water partition coefficient (Wildman–Crippen LogP) is 4.91. The number of nitrogens with zero attached hydrogens (tertiary/aromatic N) is 1. The summed E-state index contributed by atoms with van der Waals surface area (Å²) in [5.41, 5.74) is 1.89. The highest BCUT2D eigenvalue weighted by atomic mass is 79.9. The van der Waals surface area contributed by atoms with Crippen molar-refractivity contribution in [3.63, 3.8) is 0 Å². The zero-order valence-electron chi connectivity index (χ0n) is 11.3. The molecule has 1 aromatic carbocycles. The molecule has 0 aliphatic carbocycles. The van der Waals surface area contributed by atoms with E-state index in [0.29, 0.717) is 9.99 Å². The summed E-state index contributed by atoms with van der Waals surface area (Å²) in [5.74, 6) is 0.614. The van der Waals surface area contributed by atoms with Gasteiger partial charge in [0.25, 0.3) is 0 Å². The van der Waals surface area contributed by atoms with Gasteiger partial charge >= 0.3 is 0 Å². The monoisotopic (exact) mass is 324 g/mol. The quantitative estimate of drug-likeness (QED) is 0.845. The third-order valence-corrected chi connectivity index (χ3v) is 3.61. The molecule has 2 rings (SSSR count). The lowest BCUT2D eigenvalue weighted by Gasteiger charge is -2.12. The second kappa shape index (κ2) is 6.33. The van der Waals surface area contributed by atoms with Crippen molar-refractivity contribution in [2.45, 2.75) is 33.1 Å². The summed E-state index contributed by atoms with van der Waals surface area (Å²) in [6.07, 6.45) is 3.08. The first-order chi connectivity index (χ1) is 9.15. The van der Waals surface area contributed by atoms with Gasteiger partial charge < -0.3 is 5.32 Å². The summed E-state index contributed by atoms with van der Waals surface area (Å²) >= 11 is 3.22. The van der Waals surface area contributed by atoms with Gasteiger partial charge in [0.1, 0.15) is 11.6 Å². The highest BCUT2D eigenvalue weighted by Gasteiger charge is 2.09. The van der Waals surface area contributed by atoms with Crippen LogP contribution >= 0.6 is 15.9 Å². The van der Waals surface area contributed by atoms with Crippen LogP contribution < -0.4 is 5.32 Å². The summed E-state index contributed by atoms with van der Waals surface area (Å²) in [6.45, 7) is 5.15. The number of rotatable bonds is 5. The van der Waals surface area contributed by atoms with Crippen LogP contribution in [0.4, 0.5) is 10.2 Å². The number of hydrogen-bond acceptors (Lipinski definition) is 2. The molecule has 2 nitrogen and oxygen atoms in total. The van der Waals surface area contributed by atoms with Crippen LogP contribution in [0.1, 0.15) is 32.3 Å². The van der Waals surface area contributed by atoms with Gasteiger partial charge in [-0.1, -0.05) is 20.3 Å². The molecule has 1 heterocycles. The molecule has 0 bridgehead atoms. The minimum absolute atomic E-state index is 0.273. The van der Waals surface area contributed by atoms with Crippen molar-refractivity contribution in [3.05, 3.63) is 34.1 Å². The van der Waals surface area contributed by atoms with Gasteiger partial charge in [-0.05, 0) is 46.5 Å². The molecule has 0 amide bonds. The Hall–Kier alpha value is -1.16. The Balaban J connectivity index is 2.51. The topological polar surface area (TPSA) is 24.9 Å². The third-order valence-electron chi connectivity index (χ3n) is 3.00. The normalized spacial score (nSPS) is 10.9. The van der Waals surface area contributed by atoms with Crippen LogP contribution in [0.3, 0.4) is 0 Å². The van der Waals surface area contributed by atoms with E-state index in [-0.39, 0.29) is 5.82 Å². The predicted molar refractivity (Wildman–Crippen MR) is 82.2 cm³/mol. The Bertz CT molecular complexity index is 584. The van der Waals surface area contributed by atoms with E-state index >= 15 is 0 Å². The lowest BCUT2D eigenvalue weighted by Crippen LogP contribution is -2.06. The average Bonchev–Trinajstić information content (AvgIpc) is 2.39. The van der Waals surface area contributed by atoms with Gasteiger partial charge in [0, 0.05) is 18.0 Å². The van der Waals surface area contributed by atoms with Crippen molar-refractivity contribution in [1.29, 1.82) is 0 Å². The Morgan fingerprint density at radius 1 is 1.21 bits per heavy atom. The highest BCUT2D eigenvalue weighted by Crippen LogP contribution is 2.26. The molecular weight excluding hydrogens is 307 g/mol. The molecule has 0 atom stereocenters. The molecule has 0 spiro atoms. The first-order valence-corrected chi connectivity index (χ1v) is 7.47. The number of halogens is 2. The lowest BCUT2D eigenvalue weighted by atomic mass is 10.1. The number of pyridine rings is 1. The van der Waals surface area contributed by atoms with Crippen molar-refractivity contribution in [2.75, 3.05) is 11.9 Å². The van der Waals surface area contributed by atoms with E-state index in [4.69, 9.17) is 0 Å². The van der Waals surface area contributed by atoms with Crippen molar-refractivity contribution >= 4 is 32.7 Å². The molecule has 0 fully saturated rings. The van der Waals surface area contributed by atoms with Crippen LogP contribution in [0.25, 0.3) is 10.9 Å². The molecule has 0 aliphatic heterocycles. The fraction of sp³-hybridized carbons (Fsp3) is 0.400. The molecule has 0 aliphatic rings. The summed E-state index contributed by atoms with van der Waals surface area (Å²) in [7, 11) is 0. The number of hydrogen-bond donors (Lipinski definition) is 1. The van der Waals surface area contributed by atoms with Gasteiger partial charge in [-0.15, -0.1) is 0 Å². The van der Waals surface area contributed by atoms with E-state index in [2.05, 4.69) is 46.1 Å². The SMILES string of the molecule is CCCNc1nc2cc(F)c(Br)cc2cc1CCC. The van der Waals surface area contributed by atoms with Crippen LogP contribution in [0.15, 0.2) is 22.7 Å².